The van der Waals surface area contributed by atoms with Crippen LogP contribution in [0, 0.1) is 0 Å². The van der Waals surface area contributed by atoms with Gasteiger partial charge >= 0.3 is 0 Å². The molecule has 0 aliphatic carbocycles. The minimum absolute atomic E-state index is 0.0404. The summed E-state index contributed by atoms with van der Waals surface area (Å²) in [5, 5.41) is 3.00. The second-order valence-corrected chi connectivity index (χ2v) is 7.00. The molecule has 5 heteroatoms. The van der Waals surface area contributed by atoms with Crippen LogP contribution in [0.15, 0.2) is 97.6 Å². The first-order valence-corrected chi connectivity index (χ1v) is 9.85. The molecule has 1 aromatic heterocycles. The predicted octanol–water partition coefficient (Wildman–Crippen LogP) is 4.80. The van der Waals surface area contributed by atoms with Crippen LogP contribution in [0.4, 0.5) is 0 Å². The lowest BCUT2D eigenvalue weighted by Gasteiger charge is -2.16. The maximum absolute atomic E-state index is 12.5. The molecule has 1 atom stereocenters. The summed E-state index contributed by atoms with van der Waals surface area (Å²) in [4.78, 5) is 16.5. The molecule has 0 unspecified atom stereocenters. The third-order valence-corrected chi connectivity index (χ3v) is 4.90. The number of carbonyl (C=O) groups is 1. The van der Waals surface area contributed by atoms with Gasteiger partial charge in [-0.1, -0.05) is 60.7 Å². The Kier molecular flexibility index (Phi) is 5.90. The van der Waals surface area contributed by atoms with Crippen LogP contribution in [0.3, 0.4) is 0 Å². The second-order valence-electron chi connectivity index (χ2n) is 7.00. The predicted molar refractivity (Wildman–Crippen MR) is 117 cm³/mol. The number of nitrogens with one attached hydrogen (secondary N) is 1. The van der Waals surface area contributed by atoms with Gasteiger partial charge in [0.15, 0.2) is 6.61 Å². The first-order chi connectivity index (χ1) is 14.7. The number of nitrogens with zero attached hydrogens (tertiary/aromatic N) is 2. The van der Waals surface area contributed by atoms with Gasteiger partial charge in [0.1, 0.15) is 5.75 Å². The van der Waals surface area contributed by atoms with Gasteiger partial charge in [-0.3, -0.25) is 4.79 Å². The number of ether oxygens (including phenoxy) is 1. The first-order valence-electron chi connectivity index (χ1n) is 9.85. The lowest BCUT2D eigenvalue weighted by Crippen LogP contribution is -2.31. The van der Waals surface area contributed by atoms with E-state index in [1.54, 1.807) is 12.5 Å². The van der Waals surface area contributed by atoms with Crippen molar-refractivity contribution in [2.45, 2.75) is 13.0 Å². The zero-order chi connectivity index (χ0) is 20.8. The van der Waals surface area contributed by atoms with Crippen molar-refractivity contribution in [1.29, 1.82) is 0 Å². The Labute approximate surface area is 176 Å². The van der Waals surface area contributed by atoms with Gasteiger partial charge in [0, 0.05) is 23.6 Å². The number of carbonyl (C=O) groups excluding carboxylic acids is 1. The fourth-order valence-electron chi connectivity index (χ4n) is 3.31. The van der Waals surface area contributed by atoms with E-state index in [1.165, 1.54) is 0 Å². The summed E-state index contributed by atoms with van der Waals surface area (Å²) < 4.78 is 7.77. The van der Waals surface area contributed by atoms with Crippen molar-refractivity contribution in [1.82, 2.24) is 14.9 Å². The normalized spacial score (nSPS) is 11.6. The number of imidazole rings is 1. The van der Waals surface area contributed by atoms with Crippen LogP contribution in [0.5, 0.6) is 5.75 Å². The third-order valence-electron chi connectivity index (χ3n) is 4.90. The molecular formula is C25H23N3O2. The fraction of sp³-hybridized carbons (Fsp3) is 0.120. The van der Waals surface area contributed by atoms with Gasteiger partial charge in [0.05, 0.1) is 12.4 Å². The van der Waals surface area contributed by atoms with Crippen LogP contribution < -0.4 is 10.1 Å². The Morgan fingerprint density at radius 3 is 2.47 bits per heavy atom. The number of hydrogen-bond donors (Lipinski definition) is 1. The zero-order valence-corrected chi connectivity index (χ0v) is 16.7. The molecule has 1 N–H and O–H groups in total. The van der Waals surface area contributed by atoms with E-state index in [1.807, 2.05) is 96.6 Å². The number of para-hydroxylation sites is 1. The molecule has 0 bridgehead atoms. The molecule has 0 saturated heterocycles. The first kappa shape index (κ1) is 19.5. The summed E-state index contributed by atoms with van der Waals surface area (Å²) in [5.41, 5.74) is 4.07. The average Bonchev–Trinajstić information content (AvgIpc) is 3.34. The lowest BCUT2D eigenvalue weighted by molar-refractivity contribution is -0.123. The van der Waals surface area contributed by atoms with E-state index in [9.17, 15) is 4.79 Å². The van der Waals surface area contributed by atoms with E-state index in [0.29, 0.717) is 5.75 Å². The topological polar surface area (TPSA) is 56.1 Å². The molecule has 0 radical (unpaired) electrons. The maximum atomic E-state index is 12.5. The summed E-state index contributed by atoms with van der Waals surface area (Å²) in [6, 6.07) is 25.6. The number of benzene rings is 3. The van der Waals surface area contributed by atoms with Gasteiger partial charge in [0.25, 0.3) is 5.91 Å². The van der Waals surface area contributed by atoms with Gasteiger partial charge in [-0.25, -0.2) is 4.98 Å². The molecule has 3 aromatic carbocycles. The molecule has 0 saturated carbocycles. The van der Waals surface area contributed by atoms with Crippen LogP contribution in [0.1, 0.15) is 18.5 Å². The Hall–Kier alpha value is -3.86. The zero-order valence-electron chi connectivity index (χ0n) is 16.7. The van der Waals surface area contributed by atoms with Crippen molar-refractivity contribution in [3.8, 4) is 22.6 Å². The molecule has 150 valence electrons. The monoisotopic (exact) mass is 397 g/mol. The Balaban J connectivity index is 1.36. The highest BCUT2D eigenvalue weighted by Gasteiger charge is 2.12. The Bertz CT molecular complexity index is 1090. The van der Waals surface area contributed by atoms with Crippen LogP contribution in [0.25, 0.3) is 16.8 Å². The van der Waals surface area contributed by atoms with E-state index in [0.717, 1.165) is 22.4 Å². The largest absolute Gasteiger partial charge is 0.483 e. The smallest absolute Gasteiger partial charge is 0.258 e. The highest BCUT2D eigenvalue weighted by molar-refractivity contribution is 5.78. The number of aromatic nitrogens is 2. The van der Waals surface area contributed by atoms with E-state index in [-0.39, 0.29) is 18.6 Å². The second kappa shape index (κ2) is 9.09. The van der Waals surface area contributed by atoms with Gasteiger partial charge < -0.3 is 14.6 Å². The molecule has 4 aromatic rings. The SMILES string of the molecule is C[C@@H](NC(=O)COc1ccccc1-c1ccccc1)c1ccc(-n2ccnc2)cc1. The van der Waals surface area contributed by atoms with Gasteiger partial charge in [0.2, 0.25) is 0 Å². The summed E-state index contributed by atoms with van der Waals surface area (Å²) in [7, 11) is 0. The summed E-state index contributed by atoms with van der Waals surface area (Å²) in [6.45, 7) is 1.92. The number of rotatable bonds is 7. The van der Waals surface area contributed by atoms with Crippen molar-refractivity contribution in [3.05, 3.63) is 103 Å². The summed E-state index contributed by atoms with van der Waals surface area (Å²) in [5.74, 6) is 0.528. The minimum atomic E-state index is -0.163. The molecule has 1 heterocycles. The quantitative estimate of drug-likeness (QED) is 0.488. The molecule has 0 aliphatic rings. The fourth-order valence-corrected chi connectivity index (χ4v) is 3.31. The maximum Gasteiger partial charge on any atom is 0.258 e. The van der Waals surface area contributed by atoms with Crippen LogP contribution >= 0.6 is 0 Å². The minimum Gasteiger partial charge on any atom is -0.483 e. The third kappa shape index (κ3) is 4.58. The molecular weight excluding hydrogens is 374 g/mol. The van der Waals surface area contributed by atoms with Crippen LogP contribution in [0.2, 0.25) is 0 Å². The summed E-state index contributed by atoms with van der Waals surface area (Å²) >= 11 is 0. The van der Waals surface area contributed by atoms with E-state index >= 15 is 0 Å². The van der Waals surface area contributed by atoms with E-state index in [4.69, 9.17) is 4.74 Å². The Morgan fingerprint density at radius 2 is 1.73 bits per heavy atom. The van der Waals surface area contributed by atoms with Crippen molar-refractivity contribution >= 4 is 5.91 Å². The van der Waals surface area contributed by atoms with E-state index in [2.05, 4.69) is 10.3 Å². The average molecular weight is 397 g/mol. The van der Waals surface area contributed by atoms with Crippen LogP contribution in [-0.4, -0.2) is 22.1 Å². The molecule has 5 nitrogen and oxygen atoms in total. The molecule has 0 spiro atoms. The van der Waals surface area contributed by atoms with Crippen molar-refractivity contribution in [2.24, 2.45) is 0 Å². The molecule has 1 amide bonds. The molecule has 0 aliphatic heterocycles. The van der Waals surface area contributed by atoms with Gasteiger partial charge in [-0.2, -0.15) is 0 Å². The molecule has 4 rings (SSSR count). The number of amides is 1. The standard InChI is InChI=1S/C25H23N3O2/c1-19(20-11-13-22(14-12-20)28-16-15-26-18-28)27-25(29)17-30-24-10-6-5-9-23(24)21-7-3-2-4-8-21/h2-16,18-19H,17H2,1H3,(H,27,29)/t19-/m1/s1. The molecule has 0 fully saturated rings. The highest BCUT2D eigenvalue weighted by atomic mass is 16.5. The van der Waals surface area contributed by atoms with Crippen molar-refractivity contribution in [2.75, 3.05) is 6.61 Å². The number of hydrogen-bond acceptors (Lipinski definition) is 3. The summed E-state index contributed by atoms with van der Waals surface area (Å²) in [6.07, 6.45) is 5.39. The highest BCUT2D eigenvalue weighted by Crippen LogP contribution is 2.29. The van der Waals surface area contributed by atoms with E-state index < -0.39 is 0 Å². The van der Waals surface area contributed by atoms with Crippen molar-refractivity contribution in [3.63, 3.8) is 0 Å². The molecule has 30 heavy (non-hydrogen) atoms. The van der Waals surface area contributed by atoms with Crippen LogP contribution in [-0.2, 0) is 4.79 Å². The van der Waals surface area contributed by atoms with Crippen molar-refractivity contribution < 1.29 is 9.53 Å². The van der Waals surface area contributed by atoms with Gasteiger partial charge in [-0.15, -0.1) is 0 Å². The lowest BCUT2D eigenvalue weighted by atomic mass is 10.1. The van der Waals surface area contributed by atoms with Gasteiger partial charge in [-0.05, 0) is 36.2 Å². The Morgan fingerprint density at radius 1 is 1.00 bits per heavy atom.